The average molecular weight is 278 g/mol. The van der Waals surface area contributed by atoms with Crippen molar-refractivity contribution in [3.63, 3.8) is 0 Å². The van der Waals surface area contributed by atoms with E-state index in [9.17, 15) is 5.11 Å². The number of epoxide rings is 1. The van der Waals surface area contributed by atoms with Crippen LogP contribution in [0.15, 0.2) is 23.3 Å². The van der Waals surface area contributed by atoms with Gasteiger partial charge in [0, 0.05) is 0 Å². The van der Waals surface area contributed by atoms with Gasteiger partial charge in [-0.1, -0.05) is 30.2 Å². The Balaban J connectivity index is 2.02. The topological polar surface area (TPSA) is 32.8 Å². The van der Waals surface area contributed by atoms with Crippen molar-refractivity contribution < 1.29 is 9.84 Å². The minimum atomic E-state index is -0.233. The molecule has 0 spiro atoms. The lowest BCUT2D eigenvalue weighted by atomic mass is 9.85. The van der Waals surface area contributed by atoms with Crippen LogP contribution < -0.4 is 0 Å². The molecule has 1 fully saturated rings. The molecule has 0 aromatic rings. The van der Waals surface area contributed by atoms with E-state index < -0.39 is 0 Å². The number of aliphatic hydroxyl groups excluding tert-OH is 1. The molecule has 1 aliphatic carbocycles. The fourth-order valence-corrected chi connectivity index (χ4v) is 3.40. The Labute approximate surface area is 123 Å². The first-order chi connectivity index (χ1) is 9.58. The highest BCUT2D eigenvalue weighted by molar-refractivity contribution is 5.09. The largest absolute Gasteiger partial charge is 0.393 e. The molecule has 2 rings (SSSR count). The molecule has 2 nitrogen and oxygen atoms in total. The highest BCUT2D eigenvalue weighted by atomic mass is 16.6. The molecule has 0 bridgehead atoms. The second-order valence-electron chi connectivity index (χ2n) is 6.73. The lowest BCUT2D eigenvalue weighted by Crippen LogP contribution is -2.29. The number of aliphatic hydroxyl groups is 1. The second kappa shape index (κ2) is 6.91. The van der Waals surface area contributed by atoms with Gasteiger partial charge in [-0.2, -0.15) is 0 Å². The number of hydrogen-bond donors (Lipinski definition) is 1. The zero-order valence-electron chi connectivity index (χ0n) is 13.3. The zero-order valence-corrected chi connectivity index (χ0v) is 13.3. The van der Waals surface area contributed by atoms with Gasteiger partial charge in [-0.15, -0.1) is 0 Å². The van der Waals surface area contributed by atoms with Crippen molar-refractivity contribution in [3.8, 4) is 0 Å². The number of hydrogen-bond acceptors (Lipinski definition) is 2. The molecule has 0 aromatic heterocycles. The van der Waals surface area contributed by atoms with Crippen LogP contribution in [-0.4, -0.2) is 23.4 Å². The van der Waals surface area contributed by atoms with E-state index in [1.165, 1.54) is 36.8 Å². The summed E-state index contributed by atoms with van der Waals surface area (Å²) in [5.41, 5.74) is 2.76. The predicted octanol–water partition coefficient (Wildman–Crippen LogP) is 4.39. The Morgan fingerprint density at radius 3 is 2.60 bits per heavy atom. The molecule has 1 N–H and O–H groups in total. The van der Waals surface area contributed by atoms with Crippen LogP contribution in [0.3, 0.4) is 0 Å². The summed E-state index contributed by atoms with van der Waals surface area (Å²) in [6.07, 6.45) is 13.0. The average Bonchev–Trinajstić information content (AvgIpc) is 3.13. The molecule has 3 atom stereocenters. The molecular formula is C18H30O2. The van der Waals surface area contributed by atoms with Gasteiger partial charge in [-0.25, -0.2) is 0 Å². The highest BCUT2D eigenvalue weighted by Gasteiger charge is 2.58. The van der Waals surface area contributed by atoms with Crippen LogP contribution in [0.4, 0.5) is 0 Å². The quantitative estimate of drug-likeness (QED) is 0.570. The summed E-state index contributed by atoms with van der Waals surface area (Å²) in [5, 5.41) is 9.72. The van der Waals surface area contributed by atoms with Gasteiger partial charge in [0.05, 0.1) is 12.7 Å². The van der Waals surface area contributed by atoms with Gasteiger partial charge >= 0.3 is 0 Å². The Morgan fingerprint density at radius 1 is 1.15 bits per heavy atom. The van der Waals surface area contributed by atoms with E-state index in [1.54, 1.807) is 0 Å². The van der Waals surface area contributed by atoms with Gasteiger partial charge in [0.25, 0.3) is 0 Å². The highest BCUT2D eigenvalue weighted by Crippen LogP contribution is 2.47. The summed E-state index contributed by atoms with van der Waals surface area (Å²) in [4.78, 5) is 0. The zero-order chi connectivity index (χ0) is 14.6. The molecule has 1 saturated heterocycles. The molecule has 0 unspecified atom stereocenters. The van der Waals surface area contributed by atoms with Crippen molar-refractivity contribution in [1.29, 1.82) is 0 Å². The SMILES string of the molecule is C/C1=C\CC[C@@H](C)[C@]2(CO)O[C@@H]2CCC/C(C)=C/CC1. The number of allylic oxidation sites excluding steroid dienone is 4. The number of rotatable bonds is 1. The summed E-state index contributed by atoms with van der Waals surface area (Å²) >= 11 is 0. The van der Waals surface area contributed by atoms with Gasteiger partial charge in [0.2, 0.25) is 0 Å². The minimum Gasteiger partial charge on any atom is -0.393 e. The third-order valence-electron chi connectivity index (χ3n) is 5.09. The van der Waals surface area contributed by atoms with E-state index in [4.69, 9.17) is 4.74 Å². The molecule has 114 valence electrons. The Bertz CT molecular complexity index is 383. The maximum atomic E-state index is 9.72. The molecular weight excluding hydrogens is 248 g/mol. The normalized spacial score (nSPS) is 41.6. The van der Waals surface area contributed by atoms with Gasteiger partial charge in [-0.3, -0.25) is 0 Å². The fraction of sp³-hybridized carbons (Fsp3) is 0.778. The van der Waals surface area contributed by atoms with Crippen LogP contribution in [0.25, 0.3) is 0 Å². The van der Waals surface area contributed by atoms with Crippen molar-refractivity contribution in [1.82, 2.24) is 0 Å². The first-order valence-corrected chi connectivity index (χ1v) is 8.18. The van der Waals surface area contributed by atoms with E-state index in [0.29, 0.717) is 5.92 Å². The molecule has 1 aliphatic heterocycles. The van der Waals surface area contributed by atoms with Crippen LogP contribution >= 0.6 is 0 Å². The van der Waals surface area contributed by atoms with E-state index in [0.717, 1.165) is 19.3 Å². The Hall–Kier alpha value is -0.600. The lowest BCUT2D eigenvalue weighted by Gasteiger charge is -2.18. The van der Waals surface area contributed by atoms with Gasteiger partial charge in [-0.05, 0) is 64.7 Å². The number of fused-ring (bicyclic) bond motifs is 1. The third-order valence-corrected chi connectivity index (χ3v) is 5.09. The smallest absolute Gasteiger partial charge is 0.120 e. The van der Waals surface area contributed by atoms with Crippen molar-refractivity contribution in [2.75, 3.05) is 6.61 Å². The molecule has 0 amide bonds. The first-order valence-electron chi connectivity index (χ1n) is 8.18. The maximum Gasteiger partial charge on any atom is 0.120 e. The van der Waals surface area contributed by atoms with E-state index in [-0.39, 0.29) is 18.3 Å². The number of ether oxygens (including phenoxy) is 1. The molecule has 0 aromatic carbocycles. The van der Waals surface area contributed by atoms with Crippen LogP contribution in [0.5, 0.6) is 0 Å². The third kappa shape index (κ3) is 3.73. The van der Waals surface area contributed by atoms with E-state index >= 15 is 0 Å². The first kappa shape index (κ1) is 15.8. The van der Waals surface area contributed by atoms with Crippen molar-refractivity contribution in [2.45, 2.75) is 77.4 Å². The van der Waals surface area contributed by atoms with Gasteiger partial charge in [0.1, 0.15) is 5.60 Å². The summed E-state index contributed by atoms with van der Waals surface area (Å²) in [7, 11) is 0. The van der Waals surface area contributed by atoms with Crippen molar-refractivity contribution in [3.05, 3.63) is 23.3 Å². The minimum absolute atomic E-state index is 0.177. The molecule has 1 heterocycles. The van der Waals surface area contributed by atoms with Crippen molar-refractivity contribution >= 4 is 0 Å². The van der Waals surface area contributed by atoms with Crippen LogP contribution in [0, 0.1) is 5.92 Å². The summed E-state index contributed by atoms with van der Waals surface area (Å²) in [5.74, 6) is 0.445. The van der Waals surface area contributed by atoms with E-state index in [1.807, 2.05) is 0 Å². The van der Waals surface area contributed by atoms with Crippen molar-refractivity contribution in [2.24, 2.45) is 5.92 Å². The Kier molecular flexibility index (Phi) is 5.45. The van der Waals surface area contributed by atoms with Gasteiger partial charge in [0.15, 0.2) is 0 Å². The standard InChI is InChI=1S/C18H30O2/c1-14-7-4-8-15(2)10-6-12-17-18(13-19,20-17)16(3)11-5-9-14/h8-9,16-17,19H,4-7,10-13H2,1-3H3/b14-9+,15-8+/t16-,17-,18+/m1/s1. The molecule has 2 heteroatoms. The Morgan fingerprint density at radius 2 is 1.85 bits per heavy atom. The molecule has 0 saturated carbocycles. The van der Waals surface area contributed by atoms with Crippen LogP contribution in [0.1, 0.15) is 65.7 Å². The predicted molar refractivity (Wildman–Crippen MR) is 83.7 cm³/mol. The fourth-order valence-electron chi connectivity index (χ4n) is 3.40. The lowest BCUT2D eigenvalue weighted by molar-refractivity contribution is 0.124. The van der Waals surface area contributed by atoms with Crippen LogP contribution in [-0.2, 0) is 4.74 Å². The van der Waals surface area contributed by atoms with Crippen LogP contribution in [0.2, 0.25) is 0 Å². The van der Waals surface area contributed by atoms with Gasteiger partial charge < -0.3 is 9.84 Å². The molecule has 20 heavy (non-hydrogen) atoms. The second-order valence-corrected chi connectivity index (χ2v) is 6.73. The summed E-state index contributed by atoms with van der Waals surface area (Å²) in [6, 6.07) is 0. The maximum absolute atomic E-state index is 9.72. The molecule has 0 radical (unpaired) electrons. The molecule has 2 aliphatic rings. The van der Waals surface area contributed by atoms with E-state index in [2.05, 4.69) is 32.9 Å². The summed E-state index contributed by atoms with van der Waals surface area (Å²) < 4.78 is 5.91. The summed E-state index contributed by atoms with van der Waals surface area (Å²) in [6.45, 7) is 6.88. The monoisotopic (exact) mass is 278 g/mol.